The number of aliphatic carboxylic acids is 1. The second kappa shape index (κ2) is 8.59. The third-order valence-corrected chi connectivity index (χ3v) is 1.05. The number of hydrogen-bond acceptors (Lipinski definition) is 3. The van der Waals surface area contributed by atoms with E-state index in [0.29, 0.717) is 0 Å². The van der Waals surface area contributed by atoms with Crippen LogP contribution in [0.15, 0.2) is 25.3 Å². The number of carbonyl (C=O) groups excluding carboxylic acids is 1. The van der Waals surface area contributed by atoms with Crippen LogP contribution in [0.1, 0.15) is 0 Å². The van der Waals surface area contributed by atoms with Crippen molar-refractivity contribution in [1.82, 2.24) is 0 Å². The number of halogens is 3. The van der Waals surface area contributed by atoms with Gasteiger partial charge in [0.05, 0.1) is 0 Å². The summed E-state index contributed by atoms with van der Waals surface area (Å²) in [5.74, 6) is -1.59. The SMILES string of the molecule is C=CC(=O)O.C=CC(=O)OCC(Cl)(Cl)Cl. The number of esters is 1. The number of alkyl halides is 3. The van der Waals surface area contributed by atoms with Crippen molar-refractivity contribution in [2.75, 3.05) is 6.61 Å². The molecule has 86 valence electrons. The second-order valence-corrected chi connectivity index (χ2v) is 4.49. The minimum Gasteiger partial charge on any atom is -0.478 e. The lowest BCUT2D eigenvalue weighted by Gasteiger charge is -2.08. The summed E-state index contributed by atoms with van der Waals surface area (Å²) >= 11 is 15.8. The Labute approximate surface area is 102 Å². The lowest BCUT2D eigenvalue weighted by atomic mass is 10.6. The Hall–Kier alpha value is -0.710. The molecule has 7 heteroatoms. The molecule has 0 radical (unpaired) electrons. The van der Waals surface area contributed by atoms with Gasteiger partial charge in [-0.15, -0.1) is 0 Å². The van der Waals surface area contributed by atoms with Gasteiger partial charge in [-0.1, -0.05) is 48.0 Å². The minimum absolute atomic E-state index is 0.261. The molecule has 0 aromatic rings. The van der Waals surface area contributed by atoms with Gasteiger partial charge in [-0.25, -0.2) is 9.59 Å². The maximum Gasteiger partial charge on any atom is 0.330 e. The third kappa shape index (κ3) is 19.6. The van der Waals surface area contributed by atoms with E-state index in [1.807, 2.05) is 0 Å². The Morgan fingerprint density at radius 2 is 1.67 bits per heavy atom. The Balaban J connectivity index is 0. The van der Waals surface area contributed by atoms with Gasteiger partial charge < -0.3 is 9.84 Å². The Morgan fingerprint density at radius 3 is 1.87 bits per heavy atom. The zero-order chi connectivity index (χ0) is 12.5. The molecule has 0 spiro atoms. The topological polar surface area (TPSA) is 63.6 Å². The predicted molar refractivity (Wildman–Crippen MR) is 59.3 cm³/mol. The van der Waals surface area contributed by atoms with Crippen LogP contribution >= 0.6 is 34.8 Å². The molecular weight excluding hydrogens is 266 g/mol. The van der Waals surface area contributed by atoms with E-state index < -0.39 is 15.7 Å². The van der Waals surface area contributed by atoms with Crippen LogP contribution in [-0.2, 0) is 14.3 Å². The van der Waals surface area contributed by atoms with Gasteiger partial charge in [-0.3, -0.25) is 0 Å². The minimum atomic E-state index is -1.54. The first-order valence-corrected chi connectivity index (χ1v) is 4.57. The third-order valence-electron chi connectivity index (χ3n) is 0.719. The van der Waals surface area contributed by atoms with Crippen molar-refractivity contribution in [2.24, 2.45) is 0 Å². The number of carboxylic acids is 1. The van der Waals surface area contributed by atoms with E-state index in [-0.39, 0.29) is 6.61 Å². The molecule has 4 nitrogen and oxygen atoms in total. The highest BCUT2D eigenvalue weighted by Crippen LogP contribution is 2.25. The van der Waals surface area contributed by atoms with Crippen LogP contribution in [0, 0.1) is 0 Å². The van der Waals surface area contributed by atoms with E-state index in [0.717, 1.165) is 12.2 Å². The number of carbonyl (C=O) groups is 2. The monoisotopic (exact) mass is 274 g/mol. The first kappa shape index (κ1) is 16.7. The average Bonchev–Trinajstić information content (AvgIpc) is 2.14. The molecule has 0 saturated carbocycles. The predicted octanol–water partition coefficient (Wildman–Crippen LogP) is 2.34. The van der Waals surface area contributed by atoms with E-state index in [4.69, 9.17) is 39.9 Å². The molecule has 0 amide bonds. The molecule has 1 N–H and O–H groups in total. The van der Waals surface area contributed by atoms with E-state index in [2.05, 4.69) is 17.9 Å². The fraction of sp³-hybridized carbons (Fsp3) is 0.250. The number of carboxylic acid groups (broad SMARTS) is 1. The fourth-order valence-electron chi connectivity index (χ4n) is 0.212. The van der Waals surface area contributed by atoms with Crippen LogP contribution in [0.25, 0.3) is 0 Å². The zero-order valence-corrected chi connectivity index (χ0v) is 9.85. The Morgan fingerprint density at radius 1 is 1.27 bits per heavy atom. The molecule has 0 bridgehead atoms. The van der Waals surface area contributed by atoms with E-state index in [1.165, 1.54) is 0 Å². The summed E-state index contributed by atoms with van der Waals surface area (Å²) in [6.07, 6.45) is 1.83. The highest BCUT2D eigenvalue weighted by Gasteiger charge is 2.21. The molecule has 0 heterocycles. The molecule has 15 heavy (non-hydrogen) atoms. The molecule has 0 aliphatic carbocycles. The van der Waals surface area contributed by atoms with Crippen molar-refractivity contribution in [2.45, 2.75) is 3.79 Å². The Bertz CT molecular complexity index is 245. The molecule has 0 aliphatic heterocycles. The van der Waals surface area contributed by atoms with Crippen LogP contribution in [-0.4, -0.2) is 27.4 Å². The van der Waals surface area contributed by atoms with Crippen LogP contribution in [0.4, 0.5) is 0 Å². The summed E-state index contributed by atoms with van der Waals surface area (Å²) in [5, 5.41) is 7.60. The lowest BCUT2D eigenvalue weighted by Crippen LogP contribution is -2.15. The summed E-state index contributed by atoms with van der Waals surface area (Å²) in [6.45, 7) is 5.86. The van der Waals surface area contributed by atoms with E-state index in [9.17, 15) is 9.59 Å². The normalized spacial score (nSPS) is 9.27. The van der Waals surface area contributed by atoms with Gasteiger partial charge in [-0.2, -0.15) is 0 Å². The van der Waals surface area contributed by atoms with Crippen molar-refractivity contribution in [1.29, 1.82) is 0 Å². The van der Waals surface area contributed by atoms with Crippen LogP contribution in [0.5, 0.6) is 0 Å². The number of ether oxygens (including phenoxy) is 1. The summed E-state index contributed by atoms with van der Waals surface area (Å²) < 4.78 is 2.86. The molecule has 0 aromatic heterocycles. The largest absolute Gasteiger partial charge is 0.478 e. The molecule has 0 aromatic carbocycles. The second-order valence-electron chi connectivity index (χ2n) is 1.97. The van der Waals surface area contributed by atoms with Crippen LogP contribution < -0.4 is 0 Å². The molecular formula is C8H9Cl3O4. The standard InChI is InChI=1S/C5H5Cl3O2.C3H4O2/c1-2-4(9)10-3-5(6,7)8;1-2-3(4)5/h2H,1,3H2;2H,1H2,(H,4,5). The summed E-state index contributed by atoms with van der Waals surface area (Å²) in [7, 11) is 0. The van der Waals surface area contributed by atoms with Gasteiger partial charge in [0.15, 0.2) is 0 Å². The van der Waals surface area contributed by atoms with Crippen molar-refractivity contribution < 1.29 is 19.4 Å². The van der Waals surface area contributed by atoms with Crippen molar-refractivity contribution in [3.63, 3.8) is 0 Å². The number of hydrogen-bond donors (Lipinski definition) is 1. The van der Waals surface area contributed by atoms with Crippen molar-refractivity contribution >= 4 is 46.7 Å². The highest BCUT2D eigenvalue weighted by atomic mass is 35.6. The van der Waals surface area contributed by atoms with Crippen molar-refractivity contribution in [3.05, 3.63) is 25.3 Å². The smallest absolute Gasteiger partial charge is 0.330 e. The summed E-state index contributed by atoms with van der Waals surface area (Å²) in [5.41, 5.74) is 0. The quantitative estimate of drug-likeness (QED) is 0.488. The number of rotatable bonds is 3. The maximum absolute atomic E-state index is 10.3. The molecule has 0 atom stereocenters. The van der Waals surface area contributed by atoms with Gasteiger partial charge in [0.25, 0.3) is 0 Å². The Kier molecular flexibility index (Phi) is 9.57. The summed E-state index contributed by atoms with van der Waals surface area (Å²) in [4.78, 5) is 19.6. The highest BCUT2D eigenvalue weighted by molar-refractivity contribution is 6.67. The fourth-order valence-corrected chi connectivity index (χ4v) is 0.376. The molecule has 0 saturated heterocycles. The summed E-state index contributed by atoms with van der Waals surface area (Å²) in [6, 6.07) is 0. The first-order valence-electron chi connectivity index (χ1n) is 3.44. The maximum atomic E-state index is 10.3. The van der Waals surface area contributed by atoms with Crippen molar-refractivity contribution in [3.8, 4) is 0 Å². The first-order chi connectivity index (χ1) is 6.72. The van der Waals surface area contributed by atoms with E-state index >= 15 is 0 Å². The molecule has 0 aliphatic rings. The van der Waals surface area contributed by atoms with Crippen LogP contribution in [0.3, 0.4) is 0 Å². The van der Waals surface area contributed by atoms with E-state index in [1.54, 1.807) is 0 Å². The van der Waals surface area contributed by atoms with Gasteiger partial charge in [0, 0.05) is 12.2 Å². The molecule has 0 fully saturated rings. The van der Waals surface area contributed by atoms with Gasteiger partial charge >= 0.3 is 11.9 Å². The molecule has 0 rings (SSSR count). The van der Waals surface area contributed by atoms with Gasteiger partial charge in [0.1, 0.15) is 6.61 Å². The van der Waals surface area contributed by atoms with Gasteiger partial charge in [0.2, 0.25) is 3.79 Å². The van der Waals surface area contributed by atoms with Gasteiger partial charge in [-0.05, 0) is 0 Å². The van der Waals surface area contributed by atoms with Crippen LogP contribution in [0.2, 0.25) is 0 Å². The zero-order valence-electron chi connectivity index (χ0n) is 7.58. The lowest BCUT2D eigenvalue weighted by molar-refractivity contribution is -0.137. The average molecular weight is 276 g/mol. The molecule has 0 unspecified atom stereocenters.